The van der Waals surface area contributed by atoms with Gasteiger partial charge in [0, 0.05) is 12.0 Å². The van der Waals surface area contributed by atoms with E-state index in [1.807, 2.05) is 18.2 Å². The van der Waals surface area contributed by atoms with Crippen molar-refractivity contribution >= 4 is 0 Å². The van der Waals surface area contributed by atoms with E-state index in [1.165, 1.54) is 11.1 Å². The Balaban J connectivity index is 2.26. The highest BCUT2D eigenvalue weighted by Gasteiger charge is 2.29. The molecule has 15 heavy (non-hydrogen) atoms. The lowest BCUT2D eigenvalue weighted by atomic mass is 10.0. The van der Waals surface area contributed by atoms with Gasteiger partial charge < -0.3 is 4.74 Å². The second-order valence-electron chi connectivity index (χ2n) is 3.86. The lowest BCUT2D eigenvalue weighted by Crippen LogP contribution is -2.04. The Bertz CT molecular complexity index is 374. The van der Waals surface area contributed by atoms with Gasteiger partial charge in [-0.2, -0.15) is 0 Å². The van der Waals surface area contributed by atoms with Gasteiger partial charge in [0.15, 0.2) is 0 Å². The summed E-state index contributed by atoms with van der Waals surface area (Å²) in [4.78, 5) is 0. The average molecular weight is 200 g/mol. The Labute approximate surface area is 91.1 Å². The fourth-order valence-electron chi connectivity index (χ4n) is 1.99. The van der Waals surface area contributed by atoms with Crippen LogP contribution in [0.2, 0.25) is 0 Å². The van der Waals surface area contributed by atoms with Crippen LogP contribution in [0.25, 0.3) is 0 Å². The Morgan fingerprint density at radius 3 is 2.73 bits per heavy atom. The molecule has 0 aliphatic carbocycles. The van der Waals surface area contributed by atoms with Gasteiger partial charge in [-0.15, -0.1) is 5.73 Å². The Kier molecular flexibility index (Phi) is 3.05. The molecule has 1 aliphatic rings. The van der Waals surface area contributed by atoms with Crippen LogP contribution in [0.3, 0.4) is 0 Å². The molecule has 1 fully saturated rings. The standard InChI is InChI=1S/C14H16O/c1-3-11-10-13(4-2)15-14(11)12-8-6-5-7-9-12/h5-9,13-14H,1,4,10H2,2H3. The lowest BCUT2D eigenvalue weighted by Gasteiger charge is -2.12. The predicted octanol–water partition coefficient (Wildman–Crippen LogP) is 3.64. The van der Waals surface area contributed by atoms with Gasteiger partial charge in [0.1, 0.15) is 6.10 Å². The highest BCUT2D eigenvalue weighted by atomic mass is 16.5. The first kappa shape index (κ1) is 10.2. The van der Waals surface area contributed by atoms with Gasteiger partial charge in [0.2, 0.25) is 0 Å². The van der Waals surface area contributed by atoms with E-state index < -0.39 is 0 Å². The van der Waals surface area contributed by atoms with Crippen LogP contribution in [0.4, 0.5) is 0 Å². The minimum absolute atomic E-state index is 0.0775. The summed E-state index contributed by atoms with van der Waals surface area (Å²) >= 11 is 0. The normalized spacial score (nSPS) is 25.3. The average Bonchev–Trinajstić information content (AvgIpc) is 2.73. The zero-order chi connectivity index (χ0) is 10.7. The highest BCUT2D eigenvalue weighted by molar-refractivity contribution is 5.28. The predicted molar refractivity (Wildman–Crippen MR) is 61.6 cm³/mol. The van der Waals surface area contributed by atoms with Crippen molar-refractivity contribution in [2.45, 2.75) is 32.0 Å². The highest BCUT2D eigenvalue weighted by Crippen LogP contribution is 2.37. The molecule has 0 aromatic heterocycles. The van der Waals surface area contributed by atoms with Crippen molar-refractivity contribution < 1.29 is 4.74 Å². The first-order valence-corrected chi connectivity index (χ1v) is 5.44. The maximum atomic E-state index is 5.96. The molecule has 1 aliphatic heterocycles. The van der Waals surface area contributed by atoms with E-state index in [4.69, 9.17) is 4.74 Å². The fourth-order valence-corrected chi connectivity index (χ4v) is 1.99. The maximum Gasteiger partial charge on any atom is 0.111 e. The molecule has 0 radical (unpaired) electrons. The van der Waals surface area contributed by atoms with Crippen molar-refractivity contribution in [2.75, 3.05) is 0 Å². The second-order valence-corrected chi connectivity index (χ2v) is 3.86. The first-order valence-electron chi connectivity index (χ1n) is 5.44. The van der Waals surface area contributed by atoms with Crippen LogP contribution in [0.5, 0.6) is 0 Å². The van der Waals surface area contributed by atoms with Gasteiger partial charge in [-0.25, -0.2) is 0 Å². The summed E-state index contributed by atoms with van der Waals surface area (Å²) in [5, 5.41) is 0. The van der Waals surface area contributed by atoms with E-state index >= 15 is 0 Å². The van der Waals surface area contributed by atoms with Gasteiger partial charge in [0.25, 0.3) is 0 Å². The molecule has 0 spiro atoms. The first-order chi connectivity index (χ1) is 7.35. The van der Waals surface area contributed by atoms with Crippen molar-refractivity contribution in [1.29, 1.82) is 0 Å². The summed E-state index contributed by atoms with van der Waals surface area (Å²) < 4.78 is 5.96. The van der Waals surface area contributed by atoms with E-state index in [9.17, 15) is 0 Å². The monoisotopic (exact) mass is 200 g/mol. The Hall–Kier alpha value is -1.30. The summed E-state index contributed by atoms with van der Waals surface area (Å²) in [7, 11) is 0. The number of hydrogen-bond donors (Lipinski definition) is 0. The third-order valence-corrected chi connectivity index (χ3v) is 2.88. The number of hydrogen-bond acceptors (Lipinski definition) is 1. The molecule has 2 unspecified atom stereocenters. The molecule has 1 aromatic carbocycles. The van der Waals surface area contributed by atoms with Crippen LogP contribution in [-0.4, -0.2) is 6.10 Å². The van der Waals surface area contributed by atoms with E-state index in [1.54, 1.807) is 0 Å². The quantitative estimate of drug-likeness (QED) is 0.662. The van der Waals surface area contributed by atoms with Gasteiger partial charge in [-0.05, 0) is 12.0 Å². The molecule has 0 saturated carbocycles. The SMILES string of the molecule is C=C=C1CC(CC)OC1c1ccccc1. The maximum absolute atomic E-state index is 5.96. The van der Waals surface area contributed by atoms with Gasteiger partial charge in [0.05, 0.1) is 6.10 Å². The summed E-state index contributed by atoms with van der Waals surface area (Å²) in [5.74, 6) is 0. The molecule has 0 bridgehead atoms. The van der Waals surface area contributed by atoms with E-state index in [2.05, 4.69) is 31.4 Å². The molecule has 78 valence electrons. The van der Waals surface area contributed by atoms with Crippen LogP contribution in [0.1, 0.15) is 31.4 Å². The summed E-state index contributed by atoms with van der Waals surface area (Å²) in [6.45, 7) is 5.90. The second kappa shape index (κ2) is 4.48. The molecule has 1 saturated heterocycles. The largest absolute Gasteiger partial charge is 0.365 e. The van der Waals surface area contributed by atoms with Crippen molar-refractivity contribution in [2.24, 2.45) is 0 Å². The summed E-state index contributed by atoms with van der Waals surface area (Å²) in [6, 6.07) is 10.3. The van der Waals surface area contributed by atoms with Crippen LogP contribution in [-0.2, 0) is 4.74 Å². The van der Waals surface area contributed by atoms with E-state index in [0.29, 0.717) is 6.10 Å². The van der Waals surface area contributed by atoms with Crippen molar-refractivity contribution in [3.63, 3.8) is 0 Å². The van der Waals surface area contributed by atoms with Crippen LogP contribution in [0.15, 0.2) is 48.2 Å². The third kappa shape index (κ3) is 2.04. The minimum atomic E-state index is 0.0775. The van der Waals surface area contributed by atoms with Crippen LogP contribution >= 0.6 is 0 Å². The summed E-state index contributed by atoms with van der Waals surface area (Å²) in [6.07, 6.45) is 2.43. The minimum Gasteiger partial charge on any atom is -0.365 e. The smallest absolute Gasteiger partial charge is 0.111 e. The molecule has 1 heteroatoms. The lowest BCUT2D eigenvalue weighted by molar-refractivity contribution is 0.0501. The molecular weight excluding hydrogens is 184 g/mol. The van der Waals surface area contributed by atoms with Crippen molar-refractivity contribution in [1.82, 2.24) is 0 Å². The van der Waals surface area contributed by atoms with Crippen molar-refractivity contribution in [3.05, 3.63) is 53.8 Å². The van der Waals surface area contributed by atoms with E-state index in [-0.39, 0.29) is 6.10 Å². The number of benzene rings is 1. The van der Waals surface area contributed by atoms with Crippen LogP contribution < -0.4 is 0 Å². The van der Waals surface area contributed by atoms with Crippen LogP contribution in [0, 0.1) is 0 Å². The Morgan fingerprint density at radius 1 is 1.40 bits per heavy atom. The zero-order valence-corrected chi connectivity index (χ0v) is 9.07. The molecule has 1 heterocycles. The zero-order valence-electron chi connectivity index (χ0n) is 9.07. The molecule has 1 aromatic rings. The van der Waals surface area contributed by atoms with Crippen molar-refractivity contribution in [3.8, 4) is 0 Å². The van der Waals surface area contributed by atoms with E-state index in [0.717, 1.165) is 12.8 Å². The summed E-state index contributed by atoms with van der Waals surface area (Å²) in [5.41, 5.74) is 5.41. The van der Waals surface area contributed by atoms with Gasteiger partial charge in [-0.1, -0.05) is 43.8 Å². The fraction of sp³-hybridized carbons (Fsp3) is 0.357. The Morgan fingerprint density at radius 2 is 2.13 bits per heavy atom. The number of rotatable bonds is 2. The molecule has 2 rings (SSSR count). The third-order valence-electron chi connectivity index (χ3n) is 2.88. The molecule has 1 nitrogen and oxygen atoms in total. The molecule has 0 N–H and O–H groups in total. The van der Waals surface area contributed by atoms with Gasteiger partial charge >= 0.3 is 0 Å². The molecule has 0 amide bonds. The topological polar surface area (TPSA) is 9.23 Å². The number of ether oxygens (including phenoxy) is 1. The van der Waals surface area contributed by atoms with Gasteiger partial charge in [-0.3, -0.25) is 0 Å². The molecular formula is C14H16O. The molecule has 2 atom stereocenters.